The van der Waals surface area contributed by atoms with E-state index in [1.54, 1.807) is 12.1 Å². The number of carbonyl (C=O) groups excluding carboxylic acids is 2. The average Bonchev–Trinajstić information content (AvgIpc) is 2.75. The molecule has 1 atom stereocenters. The lowest BCUT2D eigenvalue weighted by Crippen LogP contribution is -2.39. The summed E-state index contributed by atoms with van der Waals surface area (Å²) in [5.74, 6) is -0.842. The van der Waals surface area contributed by atoms with Crippen LogP contribution < -0.4 is 21.9 Å². The summed E-state index contributed by atoms with van der Waals surface area (Å²) < 4.78 is 52.3. The zero-order valence-electron chi connectivity index (χ0n) is 16.8. The number of alkyl halides is 3. The molecule has 0 aliphatic rings. The van der Waals surface area contributed by atoms with Gasteiger partial charge in [0.1, 0.15) is 12.2 Å². The lowest BCUT2D eigenvalue weighted by Gasteiger charge is -2.16. The van der Waals surface area contributed by atoms with Crippen molar-refractivity contribution in [1.82, 2.24) is 16.1 Å². The van der Waals surface area contributed by atoms with Crippen molar-refractivity contribution in [3.8, 4) is 0 Å². The molecule has 0 fully saturated rings. The third kappa shape index (κ3) is 7.57. The molecular formula is C20H19F4N5O4. The van der Waals surface area contributed by atoms with Crippen LogP contribution in [0.5, 0.6) is 0 Å². The highest BCUT2D eigenvalue weighted by molar-refractivity contribution is 5.97. The molecule has 1 unspecified atom stereocenters. The van der Waals surface area contributed by atoms with Crippen molar-refractivity contribution in [1.29, 1.82) is 0 Å². The molecule has 176 valence electrons. The fourth-order valence-corrected chi connectivity index (χ4v) is 2.71. The highest BCUT2D eigenvalue weighted by atomic mass is 19.4. The third-order valence-electron chi connectivity index (χ3n) is 4.26. The number of hydrogen-bond acceptors (Lipinski definition) is 5. The van der Waals surface area contributed by atoms with Gasteiger partial charge in [-0.25, -0.2) is 15.2 Å². The maximum atomic E-state index is 13.6. The third-order valence-corrected chi connectivity index (χ3v) is 4.26. The van der Waals surface area contributed by atoms with E-state index in [0.29, 0.717) is 17.8 Å². The second-order valence-electron chi connectivity index (χ2n) is 6.62. The Bertz CT molecular complexity index is 1060. The fourth-order valence-electron chi connectivity index (χ4n) is 2.71. The Labute approximate surface area is 184 Å². The first-order valence-corrected chi connectivity index (χ1v) is 9.25. The van der Waals surface area contributed by atoms with Crippen LogP contribution in [-0.2, 0) is 15.8 Å². The number of carboxylic acids is 1. The summed E-state index contributed by atoms with van der Waals surface area (Å²) in [5, 5.41) is 13.8. The van der Waals surface area contributed by atoms with Gasteiger partial charge in [0.2, 0.25) is 5.91 Å². The Morgan fingerprint density at radius 1 is 1.12 bits per heavy atom. The van der Waals surface area contributed by atoms with Crippen molar-refractivity contribution in [3.05, 3.63) is 65.0 Å². The molecule has 0 aliphatic heterocycles. The molecule has 0 bridgehead atoms. The number of hydrazine groups is 1. The van der Waals surface area contributed by atoms with E-state index in [1.807, 2.05) is 0 Å². The number of nitrogens with zero attached hydrogens (tertiary/aromatic N) is 1. The number of carboxylic acid groups (broad SMARTS) is 1. The number of aliphatic imine (C=N–C) groups is 1. The molecule has 0 saturated heterocycles. The number of hydrogen-bond donors (Lipinski definition) is 5. The first-order chi connectivity index (χ1) is 15.5. The van der Waals surface area contributed by atoms with Crippen LogP contribution in [0.3, 0.4) is 0 Å². The van der Waals surface area contributed by atoms with Crippen LogP contribution in [0.25, 0.3) is 0 Å². The number of nitrogens with one attached hydrogen (secondary N) is 3. The molecule has 0 heterocycles. The zero-order valence-corrected chi connectivity index (χ0v) is 16.8. The van der Waals surface area contributed by atoms with Crippen LogP contribution in [0.2, 0.25) is 0 Å². The van der Waals surface area contributed by atoms with Gasteiger partial charge in [0.15, 0.2) is 0 Å². The summed E-state index contributed by atoms with van der Waals surface area (Å²) in [4.78, 5) is 39.6. The summed E-state index contributed by atoms with van der Waals surface area (Å²) in [7, 11) is 0. The minimum atomic E-state index is -4.88. The van der Waals surface area contributed by atoms with Crippen LogP contribution in [0, 0.1) is 5.82 Å². The second-order valence-corrected chi connectivity index (χ2v) is 6.62. The Balaban J connectivity index is 2.00. The summed E-state index contributed by atoms with van der Waals surface area (Å²) >= 11 is 0. The van der Waals surface area contributed by atoms with Crippen molar-refractivity contribution >= 4 is 29.8 Å². The maximum absolute atomic E-state index is 13.6. The molecule has 0 aromatic heterocycles. The monoisotopic (exact) mass is 469 g/mol. The summed E-state index contributed by atoms with van der Waals surface area (Å²) in [6.07, 6.45) is -3.68. The van der Waals surface area contributed by atoms with E-state index in [0.717, 1.165) is 0 Å². The number of carbonyl (C=O) groups is 3. The van der Waals surface area contributed by atoms with Crippen LogP contribution in [-0.4, -0.2) is 42.3 Å². The van der Waals surface area contributed by atoms with Crippen LogP contribution in [0.4, 0.5) is 23.2 Å². The van der Waals surface area contributed by atoms with Gasteiger partial charge in [-0.15, -0.1) is 0 Å². The maximum Gasteiger partial charge on any atom is 0.416 e. The van der Waals surface area contributed by atoms with E-state index >= 15 is 0 Å². The fraction of sp³-hybridized carbons (Fsp3) is 0.200. The zero-order chi connectivity index (χ0) is 24.6. The van der Waals surface area contributed by atoms with E-state index in [4.69, 9.17) is 5.84 Å². The Hall–Kier alpha value is -4.00. The van der Waals surface area contributed by atoms with Crippen molar-refractivity contribution in [2.75, 3.05) is 13.1 Å². The molecule has 0 radical (unpaired) electrons. The van der Waals surface area contributed by atoms with E-state index in [1.165, 1.54) is 18.5 Å². The molecule has 33 heavy (non-hydrogen) atoms. The number of aliphatic carboxylic acids is 1. The van der Waals surface area contributed by atoms with E-state index < -0.39 is 59.9 Å². The number of benzene rings is 2. The topological polar surface area (TPSA) is 146 Å². The molecular weight excluding hydrogens is 450 g/mol. The van der Waals surface area contributed by atoms with Gasteiger partial charge in [-0.05, 0) is 42.0 Å². The molecule has 0 spiro atoms. The van der Waals surface area contributed by atoms with Crippen molar-refractivity contribution < 1.29 is 37.1 Å². The van der Waals surface area contributed by atoms with Crippen LogP contribution >= 0.6 is 0 Å². The minimum absolute atomic E-state index is 0.178. The first kappa shape index (κ1) is 25.3. The van der Waals surface area contributed by atoms with Gasteiger partial charge in [0.25, 0.3) is 5.91 Å². The van der Waals surface area contributed by atoms with Gasteiger partial charge >= 0.3 is 12.1 Å². The molecule has 2 aromatic rings. The van der Waals surface area contributed by atoms with Gasteiger partial charge in [-0.1, -0.05) is 6.07 Å². The van der Waals surface area contributed by atoms with Gasteiger partial charge in [0.05, 0.1) is 23.7 Å². The second kappa shape index (κ2) is 11.0. The molecule has 13 heteroatoms. The number of nitrogens with two attached hydrogens (primary N) is 1. The SMILES string of the molecule is NNC=Nc1cccc(C(=O)NCC(=O)NCC(C(=O)O)c2cc(F)cc(C(F)(F)F)c2)c1. The largest absolute Gasteiger partial charge is 0.481 e. The van der Waals surface area contributed by atoms with E-state index in [9.17, 15) is 37.1 Å². The lowest BCUT2D eigenvalue weighted by atomic mass is 9.96. The summed E-state index contributed by atoms with van der Waals surface area (Å²) in [5.41, 5.74) is 0.961. The Morgan fingerprint density at radius 3 is 2.48 bits per heavy atom. The quantitative estimate of drug-likeness (QED) is 0.124. The predicted molar refractivity (Wildman–Crippen MR) is 109 cm³/mol. The molecule has 0 aliphatic carbocycles. The summed E-state index contributed by atoms with van der Waals surface area (Å²) in [6.45, 7) is -1.17. The van der Waals surface area contributed by atoms with Crippen molar-refractivity contribution in [2.24, 2.45) is 10.8 Å². The van der Waals surface area contributed by atoms with Gasteiger partial charge in [0, 0.05) is 12.1 Å². The van der Waals surface area contributed by atoms with Gasteiger partial charge < -0.3 is 21.2 Å². The highest BCUT2D eigenvalue weighted by Crippen LogP contribution is 2.32. The normalized spacial score (nSPS) is 12.3. The molecule has 2 aromatic carbocycles. The van der Waals surface area contributed by atoms with E-state index in [2.05, 4.69) is 21.1 Å². The molecule has 2 rings (SSSR count). The molecule has 2 amide bonds. The minimum Gasteiger partial charge on any atom is -0.481 e. The first-order valence-electron chi connectivity index (χ1n) is 9.25. The number of rotatable bonds is 9. The lowest BCUT2D eigenvalue weighted by molar-refractivity contribution is -0.140. The Morgan fingerprint density at radius 2 is 1.85 bits per heavy atom. The van der Waals surface area contributed by atoms with E-state index in [-0.39, 0.29) is 11.6 Å². The summed E-state index contributed by atoms with van der Waals surface area (Å²) in [6, 6.07) is 7.42. The predicted octanol–water partition coefficient (Wildman–Crippen LogP) is 1.68. The van der Waals surface area contributed by atoms with Gasteiger partial charge in [-0.2, -0.15) is 13.2 Å². The molecule has 9 nitrogen and oxygen atoms in total. The molecule has 6 N–H and O–H groups in total. The van der Waals surface area contributed by atoms with Gasteiger partial charge in [-0.3, -0.25) is 14.4 Å². The van der Waals surface area contributed by atoms with Crippen LogP contribution in [0.1, 0.15) is 27.4 Å². The number of halogens is 4. The number of amides is 2. The smallest absolute Gasteiger partial charge is 0.416 e. The van der Waals surface area contributed by atoms with Crippen molar-refractivity contribution in [2.45, 2.75) is 12.1 Å². The highest BCUT2D eigenvalue weighted by Gasteiger charge is 2.33. The van der Waals surface area contributed by atoms with Crippen molar-refractivity contribution in [3.63, 3.8) is 0 Å². The Kier molecular flexibility index (Phi) is 8.45. The van der Waals surface area contributed by atoms with Crippen LogP contribution in [0.15, 0.2) is 47.5 Å². The molecule has 0 saturated carbocycles. The standard InChI is InChI=1S/C20H19F4N5O4/c21-14-5-12(4-13(7-14)20(22,23)24)16(19(32)33)8-26-17(30)9-27-18(31)11-2-1-3-15(6-11)28-10-29-25/h1-7,10,16H,8-9,25H2,(H,26,30)(H,27,31)(H,28,29)(H,32,33). The average molecular weight is 469 g/mol.